The van der Waals surface area contributed by atoms with E-state index in [1.165, 1.54) is 0 Å². The summed E-state index contributed by atoms with van der Waals surface area (Å²) in [5.41, 5.74) is 8.12. The molecular formula is C21H28N2O3. The van der Waals surface area contributed by atoms with E-state index in [2.05, 4.69) is 12.2 Å². The molecule has 0 unspecified atom stereocenters. The molecule has 2 aromatic carbocycles. The number of carbonyl (C=O) groups excluding carboxylic acids is 1. The van der Waals surface area contributed by atoms with Crippen molar-refractivity contribution in [2.45, 2.75) is 33.1 Å². The van der Waals surface area contributed by atoms with Gasteiger partial charge < -0.3 is 20.5 Å². The summed E-state index contributed by atoms with van der Waals surface area (Å²) in [5.74, 6) is 1.18. The summed E-state index contributed by atoms with van der Waals surface area (Å²) in [6.07, 6.45) is 2.56. The Kier molecular flexibility index (Phi) is 7.80. The number of amides is 1. The first-order chi connectivity index (χ1) is 12.6. The number of nitrogen functional groups attached to an aromatic ring is 1. The Balaban J connectivity index is 1.96. The molecule has 0 atom stereocenters. The molecular weight excluding hydrogens is 328 g/mol. The number of hydrogen-bond donors (Lipinski definition) is 2. The standard InChI is InChI=1S/C21H28N2O3/c1-3-13-25-19-10-7-17(15-20(19)26-14-4-2)21(24)23-12-11-16-5-8-18(22)9-6-16/h5-10,15H,3-4,11-14,22H2,1-2H3,(H,23,24). The molecule has 0 fully saturated rings. The summed E-state index contributed by atoms with van der Waals surface area (Å²) in [6, 6.07) is 13.0. The van der Waals surface area contributed by atoms with E-state index >= 15 is 0 Å². The third-order valence-corrected chi connectivity index (χ3v) is 3.81. The molecule has 0 radical (unpaired) electrons. The SMILES string of the molecule is CCCOc1ccc(C(=O)NCCc2ccc(N)cc2)cc1OCCC. The summed E-state index contributed by atoms with van der Waals surface area (Å²) in [7, 11) is 0. The molecule has 0 saturated heterocycles. The molecule has 0 bridgehead atoms. The van der Waals surface area contributed by atoms with E-state index in [0.717, 1.165) is 30.5 Å². The van der Waals surface area contributed by atoms with Gasteiger partial charge in [-0.2, -0.15) is 0 Å². The quantitative estimate of drug-likeness (QED) is 0.635. The Bertz CT molecular complexity index is 699. The Morgan fingerprint density at radius 2 is 1.62 bits per heavy atom. The van der Waals surface area contributed by atoms with Crippen LogP contribution in [-0.2, 0) is 6.42 Å². The van der Waals surface area contributed by atoms with Crippen LogP contribution in [0, 0.1) is 0 Å². The summed E-state index contributed by atoms with van der Waals surface area (Å²) in [5, 5.41) is 2.94. The lowest BCUT2D eigenvalue weighted by Crippen LogP contribution is -2.25. The molecule has 0 spiro atoms. The van der Waals surface area contributed by atoms with Gasteiger partial charge in [-0.1, -0.05) is 26.0 Å². The Hall–Kier alpha value is -2.69. The van der Waals surface area contributed by atoms with Gasteiger partial charge in [0.2, 0.25) is 0 Å². The second-order valence-corrected chi connectivity index (χ2v) is 6.11. The predicted octanol–water partition coefficient (Wildman–Crippen LogP) is 3.82. The van der Waals surface area contributed by atoms with Crippen molar-refractivity contribution in [3.8, 4) is 11.5 Å². The second kappa shape index (κ2) is 10.3. The van der Waals surface area contributed by atoms with Crippen LogP contribution in [0.15, 0.2) is 42.5 Å². The largest absolute Gasteiger partial charge is 0.490 e. The number of benzene rings is 2. The molecule has 5 nitrogen and oxygen atoms in total. The van der Waals surface area contributed by atoms with E-state index in [1.807, 2.05) is 31.2 Å². The lowest BCUT2D eigenvalue weighted by Gasteiger charge is -2.13. The van der Waals surface area contributed by atoms with Crippen molar-refractivity contribution >= 4 is 11.6 Å². The van der Waals surface area contributed by atoms with Crippen LogP contribution in [-0.4, -0.2) is 25.7 Å². The number of nitrogens with one attached hydrogen (secondary N) is 1. The fraction of sp³-hybridized carbons (Fsp3) is 0.381. The van der Waals surface area contributed by atoms with Crippen LogP contribution in [0.4, 0.5) is 5.69 Å². The van der Waals surface area contributed by atoms with Gasteiger partial charge in [-0.3, -0.25) is 4.79 Å². The first-order valence-corrected chi connectivity index (χ1v) is 9.16. The maximum atomic E-state index is 12.4. The van der Waals surface area contributed by atoms with Crippen molar-refractivity contribution in [1.82, 2.24) is 5.32 Å². The minimum atomic E-state index is -0.121. The lowest BCUT2D eigenvalue weighted by atomic mass is 10.1. The first-order valence-electron chi connectivity index (χ1n) is 9.16. The maximum Gasteiger partial charge on any atom is 0.251 e. The van der Waals surface area contributed by atoms with Gasteiger partial charge in [-0.05, 0) is 55.2 Å². The number of ether oxygens (including phenoxy) is 2. The molecule has 0 aliphatic carbocycles. The summed E-state index contributed by atoms with van der Waals surface area (Å²) >= 11 is 0. The van der Waals surface area contributed by atoms with Crippen molar-refractivity contribution in [2.24, 2.45) is 0 Å². The van der Waals surface area contributed by atoms with Gasteiger partial charge in [0.05, 0.1) is 13.2 Å². The van der Waals surface area contributed by atoms with Crippen molar-refractivity contribution in [2.75, 3.05) is 25.5 Å². The van der Waals surface area contributed by atoms with Crippen molar-refractivity contribution in [3.63, 3.8) is 0 Å². The zero-order valence-corrected chi connectivity index (χ0v) is 15.6. The third-order valence-electron chi connectivity index (χ3n) is 3.81. The van der Waals surface area contributed by atoms with Crippen LogP contribution in [0.3, 0.4) is 0 Å². The number of hydrogen-bond acceptors (Lipinski definition) is 4. The molecule has 0 aliphatic heterocycles. The Morgan fingerprint density at radius 3 is 2.27 bits per heavy atom. The Morgan fingerprint density at radius 1 is 0.962 bits per heavy atom. The van der Waals surface area contributed by atoms with Gasteiger partial charge in [0.15, 0.2) is 11.5 Å². The van der Waals surface area contributed by atoms with E-state index in [-0.39, 0.29) is 5.91 Å². The van der Waals surface area contributed by atoms with Gasteiger partial charge >= 0.3 is 0 Å². The predicted molar refractivity (Wildman–Crippen MR) is 105 cm³/mol. The molecule has 2 rings (SSSR count). The number of rotatable bonds is 10. The van der Waals surface area contributed by atoms with Gasteiger partial charge in [0.1, 0.15) is 0 Å². The van der Waals surface area contributed by atoms with Gasteiger partial charge in [0.25, 0.3) is 5.91 Å². The molecule has 0 saturated carbocycles. The van der Waals surface area contributed by atoms with Gasteiger partial charge in [-0.25, -0.2) is 0 Å². The van der Waals surface area contributed by atoms with E-state index < -0.39 is 0 Å². The minimum absolute atomic E-state index is 0.121. The number of anilines is 1. The summed E-state index contributed by atoms with van der Waals surface area (Å²) in [4.78, 5) is 12.4. The van der Waals surface area contributed by atoms with Gasteiger partial charge in [0, 0.05) is 17.8 Å². The van der Waals surface area contributed by atoms with Crippen LogP contribution in [0.5, 0.6) is 11.5 Å². The zero-order chi connectivity index (χ0) is 18.8. The average Bonchev–Trinajstić information content (AvgIpc) is 2.66. The molecule has 140 valence electrons. The summed E-state index contributed by atoms with van der Waals surface area (Å²) < 4.78 is 11.4. The molecule has 26 heavy (non-hydrogen) atoms. The highest BCUT2D eigenvalue weighted by molar-refractivity contribution is 5.94. The second-order valence-electron chi connectivity index (χ2n) is 6.11. The first kappa shape index (κ1) is 19.6. The van der Waals surface area contributed by atoms with E-state index in [0.29, 0.717) is 36.8 Å². The topological polar surface area (TPSA) is 73.6 Å². The van der Waals surface area contributed by atoms with Crippen molar-refractivity contribution in [3.05, 3.63) is 53.6 Å². The maximum absolute atomic E-state index is 12.4. The molecule has 0 heterocycles. The van der Waals surface area contributed by atoms with Crippen LogP contribution in [0.1, 0.15) is 42.6 Å². The van der Waals surface area contributed by atoms with Crippen LogP contribution in [0.2, 0.25) is 0 Å². The average molecular weight is 356 g/mol. The lowest BCUT2D eigenvalue weighted by molar-refractivity contribution is 0.0953. The smallest absolute Gasteiger partial charge is 0.251 e. The molecule has 1 amide bonds. The fourth-order valence-corrected chi connectivity index (χ4v) is 2.41. The monoisotopic (exact) mass is 356 g/mol. The van der Waals surface area contributed by atoms with E-state index in [9.17, 15) is 4.79 Å². The highest BCUT2D eigenvalue weighted by Gasteiger charge is 2.11. The molecule has 2 aromatic rings. The van der Waals surface area contributed by atoms with Crippen LogP contribution >= 0.6 is 0 Å². The van der Waals surface area contributed by atoms with Crippen LogP contribution in [0.25, 0.3) is 0 Å². The van der Waals surface area contributed by atoms with Crippen molar-refractivity contribution in [1.29, 1.82) is 0 Å². The minimum Gasteiger partial charge on any atom is -0.490 e. The van der Waals surface area contributed by atoms with Crippen molar-refractivity contribution < 1.29 is 14.3 Å². The molecule has 3 N–H and O–H groups in total. The van der Waals surface area contributed by atoms with Crippen LogP contribution < -0.4 is 20.5 Å². The third kappa shape index (κ3) is 5.99. The Labute approximate surface area is 155 Å². The fourth-order valence-electron chi connectivity index (χ4n) is 2.41. The highest BCUT2D eigenvalue weighted by Crippen LogP contribution is 2.29. The molecule has 0 aromatic heterocycles. The molecule has 0 aliphatic rings. The van der Waals surface area contributed by atoms with E-state index in [1.54, 1.807) is 18.2 Å². The zero-order valence-electron chi connectivity index (χ0n) is 15.6. The van der Waals surface area contributed by atoms with E-state index in [4.69, 9.17) is 15.2 Å². The number of carbonyl (C=O) groups is 1. The van der Waals surface area contributed by atoms with Gasteiger partial charge in [-0.15, -0.1) is 0 Å². The summed E-state index contributed by atoms with van der Waals surface area (Å²) in [6.45, 7) is 5.86. The number of nitrogens with two attached hydrogens (primary N) is 1. The normalized spacial score (nSPS) is 10.4. The highest BCUT2D eigenvalue weighted by atomic mass is 16.5. The molecule has 5 heteroatoms.